The Morgan fingerprint density at radius 3 is 2.41 bits per heavy atom. The van der Waals surface area contributed by atoms with Crippen LogP contribution in [0.5, 0.6) is 0 Å². The third kappa shape index (κ3) is 2.36. The number of carbonyl (C=O) groups is 1. The summed E-state index contributed by atoms with van der Waals surface area (Å²) in [5, 5.41) is 0.856. The molecule has 22 heavy (non-hydrogen) atoms. The van der Waals surface area contributed by atoms with Crippen LogP contribution in [0, 0.1) is 11.8 Å². The van der Waals surface area contributed by atoms with Crippen LogP contribution < -0.4 is 0 Å². The van der Waals surface area contributed by atoms with Crippen LogP contribution in [0.2, 0.25) is 0 Å². The van der Waals surface area contributed by atoms with Crippen molar-refractivity contribution in [1.29, 1.82) is 0 Å². The molecule has 108 valence electrons. The highest BCUT2D eigenvalue weighted by Gasteiger charge is 2.20. The number of aromatic nitrogens is 1. The topological polar surface area (TPSA) is 31.2 Å². The zero-order chi connectivity index (χ0) is 15.5. The van der Waals surface area contributed by atoms with Gasteiger partial charge in [-0.2, -0.15) is 0 Å². The Hall–Kier alpha value is -2.99. The van der Waals surface area contributed by atoms with E-state index in [1.54, 1.807) is 0 Å². The largest absolute Gasteiger partial charge is 0.465 e. The van der Waals surface area contributed by atoms with Gasteiger partial charge in [0.2, 0.25) is 0 Å². The second-order valence-electron chi connectivity index (χ2n) is 4.91. The Balaban J connectivity index is 2.23. The fraction of sp³-hybridized carbons (Fsp3) is 0.105. The summed E-state index contributed by atoms with van der Waals surface area (Å²) in [7, 11) is 3.29. The van der Waals surface area contributed by atoms with Crippen LogP contribution in [0.1, 0.15) is 21.6 Å². The van der Waals surface area contributed by atoms with Gasteiger partial charge in [-0.1, -0.05) is 42.3 Å². The number of fused-ring (bicyclic) bond motifs is 1. The number of hydrogen-bond donors (Lipinski definition) is 0. The standard InChI is InChI=1S/C19H15NO2/c1-20-16-11-7-6-10-15(16)18(19(21)22-2)17(20)13-12-14-8-4-3-5-9-14/h3-11H,1-2H3. The van der Waals surface area contributed by atoms with Crippen LogP contribution in [0.4, 0.5) is 0 Å². The van der Waals surface area contributed by atoms with Crippen molar-refractivity contribution in [3.8, 4) is 11.8 Å². The number of aryl methyl sites for hydroxylation is 1. The summed E-state index contributed by atoms with van der Waals surface area (Å²) in [5.74, 6) is 5.85. The molecule has 0 atom stereocenters. The van der Waals surface area contributed by atoms with Crippen molar-refractivity contribution in [2.75, 3.05) is 7.11 Å². The predicted octanol–water partition coefficient (Wildman–Crippen LogP) is 3.36. The van der Waals surface area contributed by atoms with Gasteiger partial charge in [0.1, 0.15) is 11.3 Å². The van der Waals surface area contributed by atoms with E-state index >= 15 is 0 Å². The van der Waals surface area contributed by atoms with Gasteiger partial charge in [0, 0.05) is 23.5 Å². The van der Waals surface area contributed by atoms with Crippen molar-refractivity contribution in [3.63, 3.8) is 0 Å². The Morgan fingerprint density at radius 2 is 1.68 bits per heavy atom. The normalized spacial score (nSPS) is 10.1. The minimum Gasteiger partial charge on any atom is -0.465 e. The number of hydrogen-bond acceptors (Lipinski definition) is 2. The van der Waals surface area contributed by atoms with E-state index in [1.165, 1.54) is 7.11 Å². The smallest absolute Gasteiger partial charge is 0.341 e. The van der Waals surface area contributed by atoms with Gasteiger partial charge in [-0.15, -0.1) is 0 Å². The highest BCUT2D eigenvalue weighted by Crippen LogP contribution is 2.25. The molecule has 3 nitrogen and oxygen atoms in total. The Bertz CT molecular complexity index is 896. The van der Waals surface area contributed by atoms with E-state index in [2.05, 4.69) is 11.8 Å². The van der Waals surface area contributed by atoms with Gasteiger partial charge >= 0.3 is 5.97 Å². The molecule has 0 aliphatic carbocycles. The molecule has 3 aromatic rings. The molecule has 0 unspecified atom stereocenters. The van der Waals surface area contributed by atoms with E-state index in [1.807, 2.05) is 66.2 Å². The van der Waals surface area contributed by atoms with E-state index in [-0.39, 0.29) is 5.97 Å². The van der Waals surface area contributed by atoms with Crippen LogP contribution in [0.25, 0.3) is 10.9 Å². The number of nitrogens with zero attached hydrogens (tertiary/aromatic N) is 1. The zero-order valence-corrected chi connectivity index (χ0v) is 12.5. The van der Waals surface area contributed by atoms with Crippen LogP contribution >= 0.6 is 0 Å². The molecule has 0 N–H and O–H groups in total. The second-order valence-corrected chi connectivity index (χ2v) is 4.91. The SMILES string of the molecule is COC(=O)c1c(C#Cc2ccccc2)n(C)c2ccccc12. The molecule has 3 rings (SSSR count). The highest BCUT2D eigenvalue weighted by molar-refractivity contribution is 6.06. The van der Waals surface area contributed by atoms with E-state index in [4.69, 9.17) is 4.74 Å². The first-order chi connectivity index (χ1) is 10.7. The molecule has 0 fully saturated rings. The zero-order valence-electron chi connectivity index (χ0n) is 12.5. The Labute approximate surface area is 129 Å². The lowest BCUT2D eigenvalue weighted by Gasteiger charge is -1.99. The third-order valence-corrected chi connectivity index (χ3v) is 3.60. The van der Waals surface area contributed by atoms with Gasteiger partial charge in [-0.3, -0.25) is 0 Å². The minimum atomic E-state index is -0.367. The molecular weight excluding hydrogens is 274 g/mol. The lowest BCUT2D eigenvalue weighted by atomic mass is 10.1. The highest BCUT2D eigenvalue weighted by atomic mass is 16.5. The molecule has 2 aromatic carbocycles. The maximum atomic E-state index is 12.2. The van der Waals surface area contributed by atoms with Crippen molar-refractivity contribution in [2.45, 2.75) is 0 Å². The van der Waals surface area contributed by atoms with Crippen LogP contribution in [0.15, 0.2) is 54.6 Å². The summed E-state index contributed by atoms with van der Waals surface area (Å²) >= 11 is 0. The molecule has 1 heterocycles. The van der Waals surface area contributed by atoms with Crippen LogP contribution in [0.3, 0.4) is 0 Å². The van der Waals surface area contributed by atoms with Gasteiger partial charge in [0.15, 0.2) is 0 Å². The fourth-order valence-corrected chi connectivity index (χ4v) is 2.50. The molecular formula is C19H15NO2. The summed E-state index contributed by atoms with van der Waals surface area (Å²) in [4.78, 5) is 12.2. The summed E-state index contributed by atoms with van der Waals surface area (Å²) < 4.78 is 6.86. The fourth-order valence-electron chi connectivity index (χ4n) is 2.50. The molecule has 0 spiro atoms. The van der Waals surface area contributed by atoms with Gasteiger partial charge in [0.25, 0.3) is 0 Å². The number of para-hydroxylation sites is 1. The maximum Gasteiger partial charge on any atom is 0.341 e. The summed E-state index contributed by atoms with van der Waals surface area (Å²) in [5.41, 5.74) is 3.05. The second kappa shape index (κ2) is 5.79. The molecule has 0 saturated heterocycles. The number of ether oxygens (including phenoxy) is 1. The first-order valence-electron chi connectivity index (χ1n) is 6.95. The van der Waals surface area contributed by atoms with Gasteiger partial charge < -0.3 is 9.30 Å². The monoisotopic (exact) mass is 289 g/mol. The summed E-state index contributed by atoms with van der Waals surface area (Å²) in [6.45, 7) is 0. The first-order valence-corrected chi connectivity index (χ1v) is 6.95. The van der Waals surface area contributed by atoms with Gasteiger partial charge in [0.05, 0.1) is 7.11 Å². The number of rotatable bonds is 1. The minimum absolute atomic E-state index is 0.367. The van der Waals surface area contributed by atoms with Crippen molar-refractivity contribution >= 4 is 16.9 Å². The molecule has 0 bridgehead atoms. The molecule has 0 radical (unpaired) electrons. The molecule has 0 amide bonds. The molecule has 0 aliphatic heterocycles. The van der Waals surface area contributed by atoms with Crippen molar-refractivity contribution in [3.05, 3.63) is 71.4 Å². The van der Waals surface area contributed by atoms with Gasteiger partial charge in [-0.25, -0.2) is 4.79 Å². The van der Waals surface area contributed by atoms with Crippen molar-refractivity contribution in [1.82, 2.24) is 4.57 Å². The quantitative estimate of drug-likeness (QED) is 0.508. The van der Waals surface area contributed by atoms with Crippen LogP contribution in [-0.2, 0) is 11.8 Å². The average Bonchev–Trinajstić information content (AvgIpc) is 2.86. The molecule has 1 aromatic heterocycles. The molecule has 3 heteroatoms. The molecule has 0 saturated carbocycles. The number of benzene rings is 2. The Kier molecular flexibility index (Phi) is 3.67. The van der Waals surface area contributed by atoms with Crippen molar-refractivity contribution in [2.24, 2.45) is 7.05 Å². The van der Waals surface area contributed by atoms with E-state index in [9.17, 15) is 4.79 Å². The summed E-state index contributed by atoms with van der Waals surface area (Å²) in [6, 6.07) is 17.4. The number of methoxy groups -OCH3 is 1. The van der Waals surface area contributed by atoms with Crippen molar-refractivity contribution < 1.29 is 9.53 Å². The average molecular weight is 289 g/mol. The van der Waals surface area contributed by atoms with E-state index in [0.717, 1.165) is 16.5 Å². The number of carbonyl (C=O) groups excluding carboxylic acids is 1. The predicted molar refractivity (Wildman–Crippen MR) is 86.7 cm³/mol. The maximum absolute atomic E-state index is 12.2. The van der Waals surface area contributed by atoms with E-state index < -0.39 is 0 Å². The van der Waals surface area contributed by atoms with Crippen LogP contribution in [-0.4, -0.2) is 17.6 Å². The van der Waals surface area contributed by atoms with Gasteiger partial charge in [-0.05, 0) is 24.1 Å². The lowest BCUT2D eigenvalue weighted by molar-refractivity contribution is 0.0602. The lowest BCUT2D eigenvalue weighted by Crippen LogP contribution is -2.04. The number of esters is 1. The third-order valence-electron chi connectivity index (χ3n) is 3.60. The Morgan fingerprint density at radius 1 is 1.00 bits per heavy atom. The van der Waals surface area contributed by atoms with E-state index in [0.29, 0.717) is 11.3 Å². The first kappa shape index (κ1) is 14.0. The molecule has 0 aliphatic rings. The summed E-state index contributed by atoms with van der Waals surface area (Å²) in [6.07, 6.45) is 0.